The summed E-state index contributed by atoms with van der Waals surface area (Å²) < 4.78 is 5.66. The number of hydrogen-bond donors (Lipinski definition) is 2. The first kappa shape index (κ1) is 17.4. The van der Waals surface area contributed by atoms with Gasteiger partial charge in [0.05, 0.1) is 18.8 Å². The van der Waals surface area contributed by atoms with Gasteiger partial charge in [-0.25, -0.2) is 4.98 Å². The number of carbonyl (C=O) groups excluding carboxylic acids is 1. The molecule has 1 aliphatic heterocycles. The third-order valence-electron chi connectivity index (χ3n) is 5.14. The Balaban J connectivity index is 1.29. The summed E-state index contributed by atoms with van der Waals surface area (Å²) in [7, 11) is 0. The molecule has 1 aromatic rings. The highest BCUT2D eigenvalue weighted by Gasteiger charge is 2.22. The van der Waals surface area contributed by atoms with Crippen LogP contribution in [0.25, 0.3) is 0 Å². The number of aromatic nitrogens is 1. The Bertz CT molecular complexity index is 526. The number of aryl methyl sites for hydroxylation is 2. The molecule has 0 radical (unpaired) electrons. The molecule has 0 aromatic carbocycles. The molecule has 0 unspecified atom stereocenters. The van der Waals surface area contributed by atoms with Crippen LogP contribution in [-0.2, 0) is 11.3 Å². The number of nitrogens with one attached hydrogen (secondary N) is 2. The van der Waals surface area contributed by atoms with Crippen LogP contribution >= 0.6 is 0 Å². The Labute approximate surface area is 144 Å². The maximum absolute atomic E-state index is 11.8. The van der Waals surface area contributed by atoms with Crippen LogP contribution in [0.3, 0.4) is 0 Å². The van der Waals surface area contributed by atoms with Crippen molar-refractivity contribution in [1.82, 2.24) is 20.5 Å². The molecule has 1 aromatic heterocycles. The monoisotopic (exact) mass is 334 g/mol. The van der Waals surface area contributed by atoms with Gasteiger partial charge in [-0.1, -0.05) is 0 Å². The van der Waals surface area contributed by atoms with Gasteiger partial charge in [-0.3, -0.25) is 9.69 Å². The van der Waals surface area contributed by atoms with Crippen LogP contribution in [0, 0.1) is 25.7 Å². The van der Waals surface area contributed by atoms with Crippen molar-refractivity contribution in [2.75, 3.05) is 32.7 Å². The Morgan fingerprint density at radius 2 is 1.88 bits per heavy atom. The molecule has 1 saturated heterocycles. The zero-order valence-corrected chi connectivity index (χ0v) is 14.9. The second kappa shape index (κ2) is 8.12. The molecule has 1 saturated carbocycles. The van der Waals surface area contributed by atoms with Gasteiger partial charge in [0.25, 0.3) is 0 Å². The highest BCUT2D eigenvalue weighted by atomic mass is 16.4. The van der Waals surface area contributed by atoms with Gasteiger partial charge in [0.15, 0.2) is 0 Å². The lowest BCUT2D eigenvalue weighted by molar-refractivity contribution is -0.120. The molecule has 134 valence electrons. The predicted octanol–water partition coefficient (Wildman–Crippen LogP) is 1.62. The number of oxazole rings is 1. The summed E-state index contributed by atoms with van der Waals surface area (Å²) in [5, 5.41) is 6.31. The minimum Gasteiger partial charge on any atom is -0.444 e. The molecule has 6 heteroatoms. The summed E-state index contributed by atoms with van der Waals surface area (Å²) in [4.78, 5) is 18.7. The van der Waals surface area contributed by atoms with E-state index in [0.717, 1.165) is 68.8 Å². The second-order valence-corrected chi connectivity index (χ2v) is 7.35. The Morgan fingerprint density at radius 1 is 1.17 bits per heavy atom. The maximum Gasteiger partial charge on any atom is 0.233 e. The van der Waals surface area contributed by atoms with Crippen molar-refractivity contribution >= 4 is 5.91 Å². The van der Waals surface area contributed by atoms with Crippen molar-refractivity contribution in [1.29, 1.82) is 0 Å². The van der Waals surface area contributed by atoms with Gasteiger partial charge in [0, 0.05) is 6.54 Å². The number of likely N-dealkylation sites (tertiary alicyclic amines) is 1. The molecule has 2 aliphatic rings. The first-order valence-corrected chi connectivity index (χ1v) is 9.23. The van der Waals surface area contributed by atoms with E-state index in [-0.39, 0.29) is 5.91 Å². The Kier molecular flexibility index (Phi) is 5.89. The molecule has 0 spiro atoms. The van der Waals surface area contributed by atoms with Crippen LogP contribution in [0.4, 0.5) is 0 Å². The maximum atomic E-state index is 11.8. The summed E-state index contributed by atoms with van der Waals surface area (Å²) in [5.74, 6) is 3.26. The molecule has 6 nitrogen and oxygen atoms in total. The van der Waals surface area contributed by atoms with Crippen molar-refractivity contribution in [2.45, 2.75) is 46.1 Å². The fourth-order valence-corrected chi connectivity index (χ4v) is 3.18. The first-order valence-electron chi connectivity index (χ1n) is 9.23. The van der Waals surface area contributed by atoms with Crippen LogP contribution in [0.2, 0.25) is 0 Å². The van der Waals surface area contributed by atoms with Gasteiger partial charge >= 0.3 is 0 Å². The number of nitrogens with zero attached hydrogens (tertiary/aromatic N) is 2. The molecule has 2 heterocycles. The molecule has 3 rings (SSSR count). The normalized spacial score (nSPS) is 19.6. The SMILES string of the molecule is Cc1nc(CN2CCC(CNC(=O)CNCC3CC3)CC2)oc1C. The van der Waals surface area contributed by atoms with E-state index in [1.807, 2.05) is 13.8 Å². The summed E-state index contributed by atoms with van der Waals surface area (Å²) in [6, 6.07) is 0. The van der Waals surface area contributed by atoms with Gasteiger partial charge in [-0.15, -0.1) is 0 Å². The topological polar surface area (TPSA) is 70.4 Å². The average molecular weight is 334 g/mol. The lowest BCUT2D eigenvalue weighted by atomic mass is 9.97. The number of hydrogen-bond acceptors (Lipinski definition) is 5. The minimum atomic E-state index is 0.129. The van der Waals surface area contributed by atoms with E-state index < -0.39 is 0 Å². The highest BCUT2D eigenvalue weighted by molar-refractivity contribution is 5.77. The molecule has 2 fully saturated rings. The number of carbonyl (C=O) groups is 1. The van der Waals surface area contributed by atoms with E-state index in [0.29, 0.717) is 12.5 Å². The standard InChI is InChI=1S/C18H30N4O2/c1-13-14(2)24-18(21-13)12-22-7-5-16(6-8-22)10-20-17(23)11-19-9-15-3-4-15/h15-16,19H,3-12H2,1-2H3,(H,20,23). The third-order valence-corrected chi connectivity index (χ3v) is 5.14. The number of rotatable bonds is 8. The summed E-state index contributed by atoms with van der Waals surface area (Å²) in [5.41, 5.74) is 0.984. The smallest absolute Gasteiger partial charge is 0.233 e. The Hall–Kier alpha value is -1.40. The lowest BCUT2D eigenvalue weighted by Crippen LogP contribution is -2.41. The molecule has 0 atom stereocenters. The average Bonchev–Trinajstić information content (AvgIpc) is 3.33. The number of piperidine rings is 1. The van der Waals surface area contributed by atoms with Crippen LogP contribution in [0.1, 0.15) is 43.0 Å². The van der Waals surface area contributed by atoms with Gasteiger partial charge < -0.3 is 15.1 Å². The molecule has 1 amide bonds. The van der Waals surface area contributed by atoms with Crippen LogP contribution < -0.4 is 10.6 Å². The Morgan fingerprint density at radius 3 is 2.50 bits per heavy atom. The van der Waals surface area contributed by atoms with Crippen LogP contribution in [0.15, 0.2) is 4.42 Å². The summed E-state index contributed by atoms with van der Waals surface area (Å²) in [6.07, 6.45) is 4.88. The molecular formula is C18H30N4O2. The van der Waals surface area contributed by atoms with Gasteiger partial charge in [0.2, 0.25) is 11.8 Å². The minimum absolute atomic E-state index is 0.129. The van der Waals surface area contributed by atoms with Crippen LogP contribution in [0.5, 0.6) is 0 Å². The zero-order valence-electron chi connectivity index (χ0n) is 14.9. The fraction of sp³-hybridized carbons (Fsp3) is 0.778. The van der Waals surface area contributed by atoms with E-state index >= 15 is 0 Å². The van der Waals surface area contributed by atoms with E-state index in [1.165, 1.54) is 12.8 Å². The largest absolute Gasteiger partial charge is 0.444 e. The molecule has 1 aliphatic carbocycles. The molecule has 2 N–H and O–H groups in total. The second-order valence-electron chi connectivity index (χ2n) is 7.35. The van der Waals surface area contributed by atoms with E-state index in [4.69, 9.17) is 4.42 Å². The van der Waals surface area contributed by atoms with Crippen molar-refractivity contribution in [3.05, 3.63) is 17.3 Å². The predicted molar refractivity (Wildman–Crippen MR) is 92.6 cm³/mol. The van der Waals surface area contributed by atoms with E-state index in [2.05, 4.69) is 20.5 Å². The van der Waals surface area contributed by atoms with Crippen molar-refractivity contribution < 1.29 is 9.21 Å². The fourth-order valence-electron chi connectivity index (χ4n) is 3.18. The molecule has 0 bridgehead atoms. The quantitative estimate of drug-likeness (QED) is 0.756. The molecular weight excluding hydrogens is 304 g/mol. The van der Waals surface area contributed by atoms with E-state index in [9.17, 15) is 4.79 Å². The lowest BCUT2D eigenvalue weighted by Gasteiger charge is -2.31. The van der Waals surface area contributed by atoms with Gasteiger partial charge in [0.1, 0.15) is 5.76 Å². The first-order chi connectivity index (χ1) is 11.6. The third kappa shape index (κ3) is 5.31. The van der Waals surface area contributed by atoms with Gasteiger partial charge in [-0.05, 0) is 71.0 Å². The van der Waals surface area contributed by atoms with Crippen molar-refractivity contribution in [3.8, 4) is 0 Å². The van der Waals surface area contributed by atoms with Gasteiger partial charge in [-0.2, -0.15) is 0 Å². The molecule has 24 heavy (non-hydrogen) atoms. The number of amides is 1. The van der Waals surface area contributed by atoms with Crippen molar-refractivity contribution in [3.63, 3.8) is 0 Å². The summed E-state index contributed by atoms with van der Waals surface area (Å²) >= 11 is 0. The summed E-state index contributed by atoms with van der Waals surface area (Å²) in [6.45, 7) is 9.07. The van der Waals surface area contributed by atoms with Crippen molar-refractivity contribution in [2.24, 2.45) is 11.8 Å². The van der Waals surface area contributed by atoms with E-state index in [1.54, 1.807) is 0 Å². The highest BCUT2D eigenvalue weighted by Crippen LogP contribution is 2.27. The van der Waals surface area contributed by atoms with Crippen LogP contribution in [-0.4, -0.2) is 48.5 Å². The zero-order chi connectivity index (χ0) is 16.9.